The monoisotopic (exact) mass is 310 g/mol. The number of nitrogens with one attached hydrogen (secondary N) is 2. The number of amides is 1. The number of carbonyl (C=O) groups excluding carboxylic acids is 1. The van der Waals surface area contributed by atoms with Gasteiger partial charge in [-0.25, -0.2) is 9.97 Å². The van der Waals surface area contributed by atoms with Crippen molar-refractivity contribution in [1.82, 2.24) is 15.3 Å². The summed E-state index contributed by atoms with van der Waals surface area (Å²) >= 11 is 7.61. The molecular formula is C13H15ClN4OS. The summed E-state index contributed by atoms with van der Waals surface area (Å²) in [7, 11) is 0. The number of anilines is 1. The first-order valence-electron chi connectivity index (χ1n) is 6.18. The van der Waals surface area contributed by atoms with Crippen LogP contribution in [0.4, 0.5) is 5.82 Å². The van der Waals surface area contributed by atoms with Gasteiger partial charge < -0.3 is 10.6 Å². The van der Waals surface area contributed by atoms with Gasteiger partial charge in [-0.15, -0.1) is 11.3 Å². The lowest BCUT2D eigenvalue weighted by molar-refractivity contribution is 0.0950. The van der Waals surface area contributed by atoms with Crippen molar-refractivity contribution in [2.24, 2.45) is 0 Å². The average molecular weight is 311 g/mol. The minimum Gasteiger partial charge on any atom is -0.369 e. The lowest BCUT2D eigenvalue weighted by Crippen LogP contribution is -2.23. The van der Waals surface area contributed by atoms with Crippen molar-refractivity contribution in [2.45, 2.75) is 20.4 Å². The van der Waals surface area contributed by atoms with Crippen molar-refractivity contribution in [3.63, 3.8) is 0 Å². The molecule has 0 aliphatic heterocycles. The van der Waals surface area contributed by atoms with E-state index >= 15 is 0 Å². The Morgan fingerprint density at radius 2 is 2.30 bits per heavy atom. The highest BCUT2D eigenvalue weighted by Crippen LogP contribution is 2.19. The Morgan fingerprint density at radius 1 is 1.50 bits per heavy atom. The van der Waals surface area contributed by atoms with E-state index in [0.29, 0.717) is 22.9 Å². The molecule has 0 aromatic carbocycles. The van der Waals surface area contributed by atoms with Crippen LogP contribution in [0, 0.1) is 6.92 Å². The lowest BCUT2D eigenvalue weighted by atomic mass is 10.2. The molecule has 0 radical (unpaired) electrons. The quantitative estimate of drug-likeness (QED) is 0.891. The van der Waals surface area contributed by atoms with Gasteiger partial charge in [-0.2, -0.15) is 0 Å². The zero-order chi connectivity index (χ0) is 14.5. The van der Waals surface area contributed by atoms with Gasteiger partial charge in [0, 0.05) is 18.1 Å². The van der Waals surface area contributed by atoms with E-state index in [1.165, 1.54) is 6.20 Å². The van der Waals surface area contributed by atoms with Crippen LogP contribution in [0.1, 0.15) is 28.0 Å². The third-order valence-corrected chi connectivity index (χ3v) is 3.65. The fourth-order valence-corrected chi connectivity index (χ4v) is 2.47. The Kier molecular flexibility index (Phi) is 4.92. The van der Waals surface area contributed by atoms with E-state index in [9.17, 15) is 4.79 Å². The van der Waals surface area contributed by atoms with Gasteiger partial charge in [0.15, 0.2) is 0 Å². The zero-order valence-corrected chi connectivity index (χ0v) is 12.8. The highest BCUT2D eigenvalue weighted by Gasteiger charge is 2.10. The molecule has 5 nitrogen and oxygen atoms in total. The number of hydrogen-bond donors (Lipinski definition) is 2. The van der Waals surface area contributed by atoms with Crippen molar-refractivity contribution in [3.8, 4) is 0 Å². The summed E-state index contributed by atoms with van der Waals surface area (Å²) < 4.78 is 0. The highest BCUT2D eigenvalue weighted by atomic mass is 35.5. The SMILES string of the molecule is CCNc1ncc(C(=O)NCc2csc(C)n2)cc1Cl. The van der Waals surface area contributed by atoms with Crippen LogP contribution < -0.4 is 10.6 Å². The Balaban J connectivity index is 2.00. The molecule has 7 heteroatoms. The van der Waals surface area contributed by atoms with Gasteiger partial charge in [0.05, 0.1) is 27.8 Å². The van der Waals surface area contributed by atoms with Gasteiger partial charge in [-0.3, -0.25) is 4.79 Å². The second kappa shape index (κ2) is 6.67. The number of nitrogens with zero attached hydrogens (tertiary/aromatic N) is 2. The van der Waals surface area contributed by atoms with E-state index in [-0.39, 0.29) is 5.91 Å². The molecule has 106 valence electrons. The van der Waals surface area contributed by atoms with Crippen LogP contribution in [0.2, 0.25) is 5.02 Å². The van der Waals surface area contributed by atoms with Crippen LogP contribution in [0.25, 0.3) is 0 Å². The number of aromatic nitrogens is 2. The predicted octanol–water partition coefficient (Wildman–Crippen LogP) is 2.86. The number of rotatable bonds is 5. The normalized spacial score (nSPS) is 10.3. The third kappa shape index (κ3) is 3.68. The molecule has 0 saturated carbocycles. The number of hydrogen-bond acceptors (Lipinski definition) is 5. The molecule has 0 aliphatic carbocycles. The maximum absolute atomic E-state index is 12.0. The lowest BCUT2D eigenvalue weighted by Gasteiger charge is -2.07. The molecule has 2 rings (SSSR count). The molecule has 0 fully saturated rings. The van der Waals surface area contributed by atoms with Crippen LogP contribution in [-0.4, -0.2) is 22.4 Å². The molecule has 1 amide bonds. The Labute approximate surface area is 126 Å². The van der Waals surface area contributed by atoms with Crippen molar-refractivity contribution >= 4 is 34.7 Å². The van der Waals surface area contributed by atoms with Crippen molar-refractivity contribution in [2.75, 3.05) is 11.9 Å². The maximum Gasteiger partial charge on any atom is 0.253 e. The minimum absolute atomic E-state index is 0.215. The second-order valence-electron chi connectivity index (χ2n) is 4.13. The Bertz CT molecular complexity index is 614. The van der Waals surface area contributed by atoms with Crippen molar-refractivity contribution < 1.29 is 4.79 Å². The van der Waals surface area contributed by atoms with E-state index in [0.717, 1.165) is 17.2 Å². The fraction of sp³-hybridized carbons (Fsp3) is 0.308. The summed E-state index contributed by atoms with van der Waals surface area (Å²) in [5.74, 6) is 0.369. The number of aryl methyl sites for hydroxylation is 1. The summed E-state index contributed by atoms with van der Waals surface area (Å²) in [6, 6.07) is 1.61. The molecule has 0 bridgehead atoms. The van der Waals surface area contributed by atoms with E-state index in [4.69, 9.17) is 11.6 Å². The molecule has 0 atom stereocenters. The van der Waals surface area contributed by atoms with E-state index in [2.05, 4.69) is 20.6 Å². The Hall–Kier alpha value is -1.66. The molecule has 2 N–H and O–H groups in total. The number of carbonyl (C=O) groups is 1. The topological polar surface area (TPSA) is 66.9 Å². The minimum atomic E-state index is -0.215. The fourth-order valence-electron chi connectivity index (χ4n) is 1.62. The number of thiazole rings is 1. The molecule has 20 heavy (non-hydrogen) atoms. The molecule has 0 unspecified atom stereocenters. The standard InChI is InChI=1S/C13H15ClN4OS/c1-3-15-12-11(14)4-9(5-16-12)13(19)17-6-10-7-20-8(2)18-10/h4-5,7H,3,6H2,1-2H3,(H,15,16)(H,17,19). The van der Waals surface area contributed by atoms with Crippen LogP contribution in [0.3, 0.4) is 0 Å². The number of halogens is 1. The van der Waals surface area contributed by atoms with Gasteiger partial charge in [0.1, 0.15) is 5.82 Å². The highest BCUT2D eigenvalue weighted by molar-refractivity contribution is 7.09. The molecular weight excluding hydrogens is 296 g/mol. The summed E-state index contributed by atoms with van der Waals surface area (Å²) in [6.45, 7) is 5.00. The average Bonchev–Trinajstić information content (AvgIpc) is 2.84. The van der Waals surface area contributed by atoms with Crippen LogP contribution >= 0.6 is 22.9 Å². The maximum atomic E-state index is 12.0. The summed E-state index contributed by atoms with van der Waals surface area (Å²) in [5, 5.41) is 9.15. The van der Waals surface area contributed by atoms with Gasteiger partial charge in [0.25, 0.3) is 5.91 Å². The van der Waals surface area contributed by atoms with E-state index in [1.807, 2.05) is 19.2 Å². The van der Waals surface area contributed by atoms with Gasteiger partial charge >= 0.3 is 0 Å². The summed E-state index contributed by atoms with van der Waals surface area (Å²) in [6.07, 6.45) is 1.51. The summed E-state index contributed by atoms with van der Waals surface area (Å²) in [4.78, 5) is 20.4. The zero-order valence-electron chi connectivity index (χ0n) is 11.2. The van der Waals surface area contributed by atoms with Crippen LogP contribution in [0.5, 0.6) is 0 Å². The Morgan fingerprint density at radius 3 is 2.90 bits per heavy atom. The molecule has 2 heterocycles. The van der Waals surface area contributed by atoms with E-state index < -0.39 is 0 Å². The first kappa shape index (κ1) is 14.7. The molecule has 2 aromatic rings. The first-order valence-corrected chi connectivity index (χ1v) is 7.44. The molecule has 0 saturated heterocycles. The molecule has 2 aromatic heterocycles. The third-order valence-electron chi connectivity index (χ3n) is 2.54. The van der Waals surface area contributed by atoms with Crippen molar-refractivity contribution in [1.29, 1.82) is 0 Å². The second-order valence-corrected chi connectivity index (χ2v) is 5.59. The van der Waals surface area contributed by atoms with E-state index in [1.54, 1.807) is 17.4 Å². The van der Waals surface area contributed by atoms with Gasteiger partial charge in [-0.05, 0) is 19.9 Å². The number of pyridine rings is 1. The largest absolute Gasteiger partial charge is 0.369 e. The van der Waals surface area contributed by atoms with Crippen LogP contribution in [0.15, 0.2) is 17.6 Å². The first-order chi connectivity index (χ1) is 9.60. The van der Waals surface area contributed by atoms with Gasteiger partial charge in [-0.1, -0.05) is 11.6 Å². The smallest absolute Gasteiger partial charge is 0.253 e. The molecule has 0 spiro atoms. The summed E-state index contributed by atoms with van der Waals surface area (Å²) in [5.41, 5.74) is 1.28. The van der Waals surface area contributed by atoms with Crippen molar-refractivity contribution in [3.05, 3.63) is 38.9 Å². The predicted molar refractivity (Wildman–Crippen MR) is 81.4 cm³/mol. The van der Waals surface area contributed by atoms with Crippen LogP contribution in [-0.2, 0) is 6.54 Å². The van der Waals surface area contributed by atoms with Gasteiger partial charge in [0.2, 0.25) is 0 Å². The molecule has 0 aliphatic rings.